The zero-order valence-corrected chi connectivity index (χ0v) is 15.5. The minimum atomic E-state index is -0.750. The second kappa shape index (κ2) is 7.12. The molecule has 0 aliphatic heterocycles. The molecule has 1 aromatic heterocycles. The van der Waals surface area contributed by atoms with Gasteiger partial charge in [-0.3, -0.25) is 0 Å². The number of nitrogens with zero attached hydrogens (tertiary/aromatic N) is 1. The van der Waals surface area contributed by atoms with E-state index in [1.54, 1.807) is 0 Å². The Kier molecular flexibility index (Phi) is 4.53. The Morgan fingerprint density at radius 2 is 1.40 bits per heavy atom. The van der Waals surface area contributed by atoms with Crippen LogP contribution < -0.4 is 10.4 Å². The van der Waals surface area contributed by atoms with E-state index >= 15 is 0 Å². The lowest BCUT2D eigenvalue weighted by molar-refractivity contribution is 0.968. The molecule has 1 radical (unpaired) electrons. The van der Waals surface area contributed by atoms with Gasteiger partial charge >= 0.3 is 0 Å². The maximum Gasteiger partial charge on any atom is 0.121 e. The minimum Gasteiger partial charge on any atom is -0.351 e. The van der Waals surface area contributed by atoms with Gasteiger partial charge in [0.1, 0.15) is 8.80 Å². The van der Waals surface area contributed by atoms with Crippen LogP contribution in [0.3, 0.4) is 0 Å². The fourth-order valence-corrected chi connectivity index (χ4v) is 6.13. The lowest BCUT2D eigenvalue weighted by atomic mass is 10.1. The van der Waals surface area contributed by atoms with E-state index in [1.807, 2.05) is 0 Å². The highest BCUT2D eigenvalue weighted by molar-refractivity contribution is 6.85. The van der Waals surface area contributed by atoms with Crippen LogP contribution in [0.25, 0.3) is 10.9 Å². The highest BCUT2D eigenvalue weighted by Gasteiger charge is 2.16. The summed E-state index contributed by atoms with van der Waals surface area (Å²) in [6.07, 6.45) is 3.26. The van der Waals surface area contributed by atoms with Gasteiger partial charge in [0, 0.05) is 18.8 Å². The van der Waals surface area contributed by atoms with E-state index in [0.29, 0.717) is 0 Å². The van der Waals surface area contributed by atoms with E-state index in [9.17, 15) is 0 Å². The molecule has 4 rings (SSSR count). The Morgan fingerprint density at radius 3 is 2.04 bits per heavy atom. The molecule has 0 spiro atoms. The summed E-state index contributed by atoms with van der Waals surface area (Å²) in [7, 11) is 1.36. The Hall–Kier alpha value is -2.58. The van der Waals surface area contributed by atoms with Gasteiger partial charge in [-0.05, 0) is 41.6 Å². The van der Waals surface area contributed by atoms with Crippen molar-refractivity contribution in [2.24, 2.45) is 7.05 Å². The second-order valence-corrected chi connectivity index (χ2v) is 9.14. The van der Waals surface area contributed by atoms with Crippen LogP contribution in [0.15, 0.2) is 91.1 Å². The van der Waals surface area contributed by atoms with Crippen molar-refractivity contribution in [1.82, 2.24) is 4.57 Å². The van der Waals surface area contributed by atoms with E-state index in [1.165, 1.54) is 32.9 Å². The van der Waals surface area contributed by atoms with Gasteiger partial charge in [0.2, 0.25) is 0 Å². The molecule has 0 saturated carbocycles. The van der Waals surface area contributed by atoms with Crippen molar-refractivity contribution in [1.29, 1.82) is 0 Å². The molecule has 4 aromatic rings. The van der Waals surface area contributed by atoms with Gasteiger partial charge < -0.3 is 4.57 Å². The number of hydrogen-bond donors (Lipinski definition) is 0. The molecule has 1 nitrogen and oxygen atoms in total. The molecule has 1 heterocycles. The lowest BCUT2D eigenvalue weighted by Crippen LogP contribution is -2.42. The average Bonchev–Trinajstić information content (AvgIpc) is 3.04. The summed E-state index contributed by atoms with van der Waals surface area (Å²) >= 11 is 0. The van der Waals surface area contributed by atoms with Crippen LogP contribution >= 0.6 is 0 Å². The third-order valence-corrected chi connectivity index (χ3v) is 7.67. The summed E-state index contributed by atoms with van der Waals surface area (Å²) in [4.78, 5) is 0. The van der Waals surface area contributed by atoms with Gasteiger partial charge in [0.15, 0.2) is 0 Å². The second-order valence-electron chi connectivity index (χ2n) is 6.53. The first-order valence-electron chi connectivity index (χ1n) is 8.82. The van der Waals surface area contributed by atoms with Crippen molar-refractivity contribution in [3.05, 3.63) is 96.7 Å². The van der Waals surface area contributed by atoms with E-state index in [-0.39, 0.29) is 0 Å². The molecule has 0 aliphatic rings. The molecular formula is C23H22NSi. The van der Waals surface area contributed by atoms with E-state index in [4.69, 9.17) is 0 Å². The highest BCUT2D eigenvalue weighted by Crippen LogP contribution is 2.18. The standard InChI is InChI=1S/C23H22NSi/c1-24-16-14-20-18-19(12-13-23(20)24)15-17-25(21-8-4-2-5-9-21)22-10-6-3-7-11-22/h2-14,16,18H,15,17H2,1H3. The lowest BCUT2D eigenvalue weighted by Gasteiger charge is -2.16. The maximum absolute atomic E-state index is 2.35. The summed E-state index contributed by atoms with van der Waals surface area (Å²) < 4.78 is 2.18. The van der Waals surface area contributed by atoms with Gasteiger partial charge in [0.25, 0.3) is 0 Å². The van der Waals surface area contributed by atoms with E-state index in [2.05, 4.69) is 103 Å². The molecule has 0 N–H and O–H groups in total. The highest BCUT2D eigenvalue weighted by atomic mass is 28.3. The summed E-state index contributed by atoms with van der Waals surface area (Å²) in [6.45, 7) is 0. The molecule has 0 atom stereocenters. The number of rotatable bonds is 5. The van der Waals surface area contributed by atoms with E-state index in [0.717, 1.165) is 6.42 Å². The molecule has 0 fully saturated rings. The number of fused-ring (bicyclic) bond motifs is 1. The molecule has 25 heavy (non-hydrogen) atoms. The molecule has 123 valence electrons. The molecule has 0 aliphatic carbocycles. The number of benzene rings is 3. The van der Waals surface area contributed by atoms with Gasteiger partial charge in [-0.2, -0.15) is 0 Å². The van der Waals surface area contributed by atoms with Crippen molar-refractivity contribution in [2.75, 3.05) is 0 Å². The van der Waals surface area contributed by atoms with Crippen LogP contribution in [0.2, 0.25) is 6.04 Å². The molecule has 0 unspecified atom stereocenters. The topological polar surface area (TPSA) is 4.93 Å². The Bertz CT molecular complexity index is 918. The third kappa shape index (κ3) is 3.44. The molecular weight excluding hydrogens is 318 g/mol. The minimum absolute atomic E-state index is 0.750. The van der Waals surface area contributed by atoms with Crippen LogP contribution in [0.5, 0.6) is 0 Å². The van der Waals surface area contributed by atoms with Crippen molar-refractivity contribution < 1.29 is 0 Å². The van der Waals surface area contributed by atoms with E-state index < -0.39 is 8.80 Å². The Labute approximate surface area is 151 Å². The molecule has 0 amide bonds. The quantitative estimate of drug-likeness (QED) is 0.483. The molecule has 3 aromatic carbocycles. The third-order valence-electron chi connectivity index (χ3n) is 4.86. The Morgan fingerprint density at radius 1 is 0.760 bits per heavy atom. The van der Waals surface area contributed by atoms with Gasteiger partial charge in [-0.15, -0.1) is 0 Å². The fourth-order valence-electron chi connectivity index (χ4n) is 3.49. The number of aromatic nitrogens is 1. The largest absolute Gasteiger partial charge is 0.351 e. The van der Waals surface area contributed by atoms with Crippen LogP contribution in [0.4, 0.5) is 0 Å². The first kappa shape index (κ1) is 15.9. The summed E-state index contributed by atoms with van der Waals surface area (Å²) in [5.74, 6) is 0. The molecule has 0 saturated heterocycles. The van der Waals surface area contributed by atoms with Crippen LogP contribution in [-0.4, -0.2) is 13.4 Å². The van der Waals surface area contributed by atoms with Crippen LogP contribution in [0, 0.1) is 0 Å². The number of aryl methyl sites for hydroxylation is 2. The van der Waals surface area contributed by atoms with Crippen LogP contribution in [0.1, 0.15) is 5.56 Å². The predicted molar refractivity (Wildman–Crippen MR) is 109 cm³/mol. The van der Waals surface area contributed by atoms with Crippen molar-refractivity contribution in [3.63, 3.8) is 0 Å². The fraction of sp³-hybridized carbons (Fsp3) is 0.130. The maximum atomic E-state index is 2.35. The Balaban J connectivity index is 1.60. The summed E-state index contributed by atoms with van der Waals surface area (Å²) in [5, 5.41) is 4.34. The zero-order chi connectivity index (χ0) is 17.1. The molecule has 0 bridgehead atoms. The summed E-state index contributed by atoms with van der Waals surface area (Å²) in [6, 6.07) is 32.4. The van der Waals surface area contributed by atoms with Gasteiger partial charge in [0.05, 0.1) is 0 Å². The predicted octanol–water partition coefficient (Wildman–Crippen LogP) is 4.03. The zero-order valence-electron chi connectivity index (χ0n) is 14.5. The molecule has 2 heteroatoms. The van der Waals surface area contributed by atoms with Gasteiger partial charge in [-0.25, -0.2) is 0 Å². The van der Waals surface area contributed by atoms with Crippen molar-refractivity contribution >= 4 is 30.1 Å². The van der Waals surface area contributed by atoms with Crippen molar-refractivity contribution in [3.8, 4) is 0 Å². The normalized spacial score (nSPS) is 11.3. The first-order valence-corrected chi connectivity index (χ1v) is 10.5. The average molecular weight is 341 g/mol. The summed E-state index contributed by atoms with van der Waals surface area (Å²) in [5.41, 5.74) is 2.74. The number of hydrogen-bond acceptors (Lipinski definition) is 0. The van der Waals surface area contributed by atoms with Crippen LogP contribution in [-0.2, 0) is 13.5 Å². The van der Waals surface area contributed by atoms with Crippen molar-refractivity contribution in [2.45, 2.75) is 12.5 Å². The van der Waals surface area contributed by atoms with Gasteiger partial charge in [-0.1, -0.05) is 77.1 Å². The smallest absolute Gasteiger partial charge is 0.121 e. The first-order chi connectivity index (χ1) is 12.3. The SMILES string of the molecule is Cn1ccc2cc(CC[Si](c3ccccc3)c3ccccc3)ccc21. The monoisotopic (exact) mass is 340 g/mol.